The Hall–Kier alpha value is -0.840. The molecular weight excluding hydrogens is 302 g/mol. The molecule has 0 bridgehead atoms. The number of hydrogen-bond donors (Lipinski definition) is 1. The highest BCUT2D eigenvalue weighted by atomic mass is 35.5. The number of rotatable bonds is 1. The van der Waals surface area contributed by atoms with E-state index in [2.05, 4.69) is 0 Å². The number of carbonyl (C=O) groups is 1. The number of halogens is 3. The Labute approximate surface area is 128 Å². The Bertz CT molecular complexity index is 526. The van der Waals surface area contributed by atoms with E-state index in [1.54, 1.807) is 11.0 Å². The highest BCUT2D eigenvalue weighted by Crippen LogP contribution is 2.37. The Balaban J connectivity index is 0.00000147. The minimum atomic E-state index is -0.552. The Morgan fingerprint density at radius 2 is 2.10 bits per heavy atom. The van der Waals surface area contributed by atoms with Crippen LogP contribution in [0.25, 0.3) is 0 Å². The molecule has 0 radical (unpaired) electrons. The van der Waals surface area contributed by atoms with Gasteiger partial charge in [0, 0.05) is 24.7 Å². The molecule has 2 N–H and O–H groups in total. The van der Waals surface area contributed by atoms with Crippen molar-refractivity contribution >= 4 is 29.9 Å². The van der Waals surface area contributed by atoms with Gasteiger partial charge < -0.3 is 10.6 Å². The van der Waals surface area contributed by atoms with Crippen molar-refractivity contribution in [1.29, 1.82) is 0 Å². The zero-order chi connectivity index (χ0) is 13.6. The minimum Gasteiger partial charge on any atom is -0.338 e. The van der Waals surface area contributed by atoms with Crippen LogP contribution in [-0.4, -0.2) is 29.9 Å². The van der Waals surface area contributed by atoms with Crippen molar-refractivity contribution in [1.82, 2.24) is 4.90 Å². The summed E-state index contributed by atoms with van der Waals surface area (Å²) in [6.45, 7) is 1.43. The first-order valence-electron chi connectivity index (χ1n) is 6.56. The lowest BCUT2D eigenvalue weighted by Crippen LogP contribution is -2.33. The van der Waals surface area contributed by atoms with Crippen LogP contribution in [0.2, 0.25) is 5.02 Å². The van der Waals surface area contributed by atoms with E-state index in [1.165, 1.54) is 12.1 Å². The lowest BCUT2D eigenvalue weighted by Gasteiger charge is -2.19. The average Bonchev–Trinajstić information content (AvgIpc) is 2.95. The fourth-order valence-corrected chi connectivity index (χ4v) is 3.40. The van der Waals surface area contributed by atoms with Crippen LogP contribution in [0, 0.1) is 17.7 Å². The molecule has 1 saturated heterocycles. The van der Waals surface area contributed by atoms with Gasteiger partial charge in [0.05, 0.1) is 5.02 Å². The van der Waals surface area contributed by atoms with E-state index in [0.29, 0.717) is 23.9 Å². The van der Waals surface area contributed by atoms with E-state index in [4.69, 9.17) is 17.3 Å². The maximum Gasteiger partial charge on any atom is 0.253 e. The summed E-state index contributed by atoms with van der Waals surface area (Å²) in [5.41, 5.74) is 6.41. The first kappa shape index (κ1) is 15.5. The van der Waals surface area contributed by atoms with Crippen molar-refractivity contribution in [3.8, 4) is 0 Å². The van der Waals surface area contributed by atoms with Crippen LogP contribution in [0.15, 0.2) is 18.2 Å². The largest absolute Gasteiger partial charge is 0.338 e. The molecule has 0 spiro atoms. The average molecular weight is 319 g/mol. The molecule has 2 fully saturated rings. The summed E-state index contributed by atoms with van der Waals surface area (Å²) >= 11 is 5.63. The molecule has 3 unspecified atom stereocenters. The SMILES string of the molecule is Cl.NC1CCC2CN(C(=O)c3ccc(Cl)c(F)c3)CC12. The molecule has 1 aromatic rings. The van der Waals surface area contributed by atoms with Gasteiger partial charge in [-0.2, -0.15) is 0 Å². The van der Waals surface area contributed by atoms with Gasteiger partial charge in [-0.15, -0.1) is 12.4 Å². The van der Waals surface area contributed by atoms with Crippen molar-refractivity contribution in [2.45, 2.75) is 18.9 Å². The molecule has 1 amide bonds. The van der Waals surface area contributed by atoms with Gasteiger partial charge in [-0.3, -0.25) is 4.79 Å². The maximum absolute atomic E-state index is 13.4. The second-order valence-electron chi connectivity index (χ2n) is 5.50. The van der Waals surface area contributed by atoms with Crippen molar-refractivity contribution in [2.24, 2.45) is 17.6 Å². The number of nitrogens with two attached hydrogens (primary N) is 1. The topological polar surface area (TPSA) is 46.3 Å². The maximum atomic E-state index is 13.4. The number of likely N-dealkylation sites (tertiary alicyclic amines) is 1. The number of nitrogens with zero attached hydrogens (tertiary/aromatic N) is 1. The van der Waals surface area contributed by atoms with Crippen LogP contribution in [0.4, 0.5) is 4.39 Å². The number of carbonyl (C=O) groups excluding carboxylic acids is 1. The van der Waals surface area contributed by atoms with Gasteiger partial charge in [0.15, 0.2) is 0 Å². The highest BCUT2D eigenvalue weighted by Gasteiger charge is 2.42. The van der Waals surface area contributed by atoms with Gasteiger partial charge in [-0.1, -0.05) is 11.6 Å². The molecule has 3 nitrogen and oxygen atoms in total. The smallest absolute Gasteiger partial charge is 0.253 e. The molecular formula is C14H17Cl2FN2O. The standard InChI is InChI=1S/C14H16ClFN2O.ClH/c15-11-3-1-8(5-12(11)16)14(19)18-6-9-2-4-13(17)10(9)7-18;/h1,3,5,9-10,13H,2,4,6-7,17H2;1H. The van der Waals surface area contributed by atoms with Gasteiger partial charge in [0.2, 0.25) is 0 Å². The molecule has 1 saturated carbocycles. The molecule has 1 heterocycles. The van der Waals surface area contributed by atoms with E-state index < -0.39 is 5.82 Å². The lowest BCUT2D eigenvalue weighted by molar-refractivity contribution is 0.0779. The molecule has 110 valence electrons. The zero-order valence-electron chi connectivity index (χ0n) is 10.9. The molecule has 1 aromatic carbocycles. The Morgan fingerprint density at radius 1 is 1.35 bits per heavy atom. The molecule has 3 atom stereocenters. The van der Waals surface area contributed by atoms with E-state index in [1.807, 2.05) is 0 Å². The van der Waals surface area contributed by atoms with Gasteiger partial charge >= 0.3 is 0 Å². The van der Waals surface area contributed by atoms with Crippen LogP contribution >= 0.6 is 24.0 Å². The summed E-state index contributed by atoms with van der Waals surface area (Å²) in [5, 5.41) is 0.0388. The second-order valence-corrected chi connectivity index (χ2v) is 5.91. The molecule has 2 aliphatic rings. The number of fused-ring (bicyclic) bond motifs is 1. The van der Waals surface area contributed by atoms with Crippen molar-refractivity contribution in [3.63, 3.8) is 0 Å². The van der Waals surface area contributed by atoms with E-state index in [9.17, 15) is 9.18 Å². The van der Waals surface area contributed by atoms with Crippen LogP contribution < -0.4 is 5.73 Å². The van der Waals surface area contributed by atoms with Crippen LogP contribution in [-0.2, 0) is 0 Å². The van der Waals surface area contributed by atoms with E-state index in [-0.39, 0.29) is 29.4 Å². The number of amides is 1. The van der Waals surface area contributed by atoms with Crippen molar-refractivity contribution in [3.05, 3.63) is 34.6 Å². The van der Waals surface area contributed by atoms with E-state index >= 15 is 0 Å². The Kier molecular flexibility index (Phi) is 4.57. The zero-order valence-corrected chi connectivity index (χ0v) is 12.5. The predicted octanol–water partition coefficient (Wildman–Crippen LogP) is 2.71. The predicted molar refractivity (Wildman–Crippen MR) is 78.8 cm³/mol. The second kappa shape index (κ2) is 5.88. The fraction of sp³-hybridized carbons (Fsp3) is 0.500. The third kappa shape index (κ3) is 2.65. The van der Waals surface area contributed by atoms with Crippen molar-refractivity contribution in [2.75, 3.05) is 13.1 Å². The highest BCUT2D eigenvalue weighted by molar-refractivity contribution is 6.30. The van der Waals surface area contributed by atoms with E-state index in [0.717, 1.165) is 19.4 Å². The first-order chi connectivity index (χ1) is 9.06. The fourth-order valence-electron chi connectivity index (χ4n) is 3.29. The van der Waals surface area contributed by atoms with Crippen LogP contribution in [0.3, 0.4) is 0 Å². The molecule has 1 aliphatic heterocycles. The van der Waals surface area contributed by atoms with Crippen LogP contribution in [0.1, 0.15) is 23.2 Å². The van der Waals surface area contributed by atoms with Crippen LogP contribution in [0.5, 0.6) is 0 Å². The summed E-state index contributed by atoms with van der Waals surface area (Å²) in [6, 6.07) is 4.40. The molecule has 1 aliphatic carbocycles. The minimum absolute atomic E-state index is 0. The Morgan fingerprint density at radius 3 is 2.75 bits per heavy atom. The summed E-state index contributed by atoms with van der Waals surface area (Å²) in [7, 11) is 0. The molecule has 0 aromatic heterocycles. The third-order valence-electron chi connectivity index (χ3n) is 4.37. The monoisotopic (exact) mass is 318 g/mol. The summed E-state index contributed by atoms with van der Waals surface area (Å²) in [4.78, 5) is 14.1. The van der Waals surface area contributed by atoms with Gasteiger partial charge in [0.1, 0.15) is 5.82 Å². The third-order valence-corrected chi connectivity index (χ3v) is 4.67. The van der Waals surface area contributed by atoms with Gasteiger partial charge in [0.25, 0.3) is 5.91 Å². The number of benzene rings is 1. The summed E-state index contributed by atoms with van der Waals surface area (Å²) in [6.07, 6.45) is 2.14. The quantitative estimate of drug-likeness (QED) is 0.865. The first-order valence-corrected chi connectivity index (χ1v) is 6.94. The summed E-state index contributed by atoms with van der Waals surface area (Å²) in [5.74, 6) is 0.234. The lowest BCUT2D eigenvalue weighted by atomic mass is 9.98. The molecule has 3 rings (SSSR count). The normalized spacial score (nSPS) is 28.1. The number of hydrogen-bond acceptors (Lipinski definition) is 2. The van der Waals surface area contributed by atoms with Crippen molar-refractivity contribution < 1.29 is 9.18 Å². The molecule has 20 heavy (non-hydrogen) atoms. The van der Waals surface area contributed by atoms with Gasteiger partial charge in [-0.05, 0) is 42.9 Å². The molecule has 6 heteroatoms. The summed E-state index contributed by atoms with van der Waals surface area (Å²) < 4.78 is 13.4. The van der Waals surface area contributed by atoms with Gasteiger partial charge in [-0.25, -0.2) is 4.39 Å².